The number of allylic oxidation sites excluding steroid dienone is 2. The number of thiophene rings is 1. The van der Waals surface area contributed by atoms with Gasteiger partial charge >= 0.3 is 5.69 Å². The van der Waals surface area contributed by atoms with Crippen molar-refractivity contribution in [2.45, 2.75) is 24.7 Å². The third kappa shape index (κ3) is 3.16. The van der Waals surface area contributed by atoms with Gasteiger partial charge in [0.25, 0.3) is 5.56 Å². The number of hydrogen-bond donors (Lipinski definition) is 3. The number of rotatable bonds is 4. The molecule has 1 aromatic carbocycles. The quantitative estimate of drug-likeness (QED) is 0.562. The second kappa shape index (κ2) is 7.83. The standard InChI is InChI=1S/C23H21N3O5S/c1-30-15-6-3-5-12(20(15)31-2)17-18-13(24-21-19(17)22(28)26-23(29)25-21)9-11(10-14(18)27)16-7-4-8-32-16/h3-8,11,17H,9-10H2,1-2H3,(H3,24,25,26,28,29). The van der Waals surface area contributed by atoms with Gasteiger partial charge in [0.05, 0.1) is 25.7 Å². The fourth-order valence-electron chi connectivity index (χ4n) is 4.72. The largest absolute Gasteiger partial charge is 0.493 e. The van der Waals surface area contributed by atoms with Gasteiger partial charge in [-0.3, -0.25) is 19.6 Å². The van der Waals surface area contributed by atoms with Gasteiger partial charge in [-0.05, 0) is 23.9 Å². The van der Waals surface area contributed by atoms with Gasteiger partial charge in [-0.1, -0.05) is 18.2 Å². The number of para-hydroxylation sites is 1. The van der Waals surface area contributed by atoms with Gasteiger partial charge < -0.3 is 14.8 Å². The van der Waals surface area contributed by atoms with Crippen LogP contribution in [0.4, 0.5) is 5.82 Å². The van der Waals surface area contributed by atoms with Crippen molar-refractivity contribution in [1.29, 1.82) is 0 Å². The normalized spacial score (nSPS) is 19.8. The van der Waals surface area contributed by atoms with Crippen molar-refractivity contribution in [3.8, 4) is 11.5 Å². The zero-order valence-corrected chi connectivity index (χ0v) is 18.3. The fraction of sp³-hybridized carbons (Fsp3) is 0.261. The molecule has 3 heterocycles. The van der Waals surface area contributed by atoms with Crippen molar-refractivity contribution in [3.63, 3.8) is 0 Å². The first-order valence-corrected chi connectivity index (χ1v) is 11.0. The predicted molar refractivity (Wildman–Crippen MR) is 121 cm³/mol. The topological polar surface area (TPSA) is 113 Å². The molecule has 2 aliphatic rings. The number of anilines is 1. The van der Waals surface area contributed by atoms with Gasteiger partial charge in [-0.25, -0.2) is 4.79 Å². The molecule has 2 atom stereocenters. The second-order valence-electron chi connectivity index (χ2n) is 7.77. The molecule has 32 heavy (non-hydrogen) atoms. The summed E-state index contributed by atoms with van der Waals surface area (Å²) in [6, 6.07) is 9.36. The molecule has 0 radical (unpaired) electrons. The summed E-state index contributed by atoms with van der Waals surface area (Å²) in [6.45, 7) is 0. The summed E-state index contributed by atoms with van der Waals surface area (Å²) in [4.78, 5) is 44.6. The Morgan fingerprint density at radius 2 is 1.84 bits per heavy atom. The number of ketones is 1. The monoisotopic (exact) mass is 451 g/mol. The number of carbonyl (C=O) groups excluding carboxylic acids is 1. The van der Waals surface area contributed by atoms with Gasteiger partial charge in [0.2, 0.25) is 0 Å². The number of fused-ring (bicyclic) bond motifs is 1. The first kappa shape index (κ1) is 20.3. The Morgan fingerprint density at radius 1 is 1.00 bits per heavy atom. The van der Waals surface area contributed by atoms with Crippen LogP contribution in [0.3, 0.4) is 0 Å². The number of Topliss-reactive ketones (excluding diaryl/α,β-unsaturated/α-hetero) is 1. The number of aromatic nitrogens is 2. The molecule has 3 aromatic rings. The Morgan fingerprint density at radius 3 is 2.56 bits per heavy atom. The van der Waals surface area contributed by atoms with Crippen LogP contribution in [0.15, 0.2) is 56.6 Å². The summed E-state index contributed by atoms with van der Waals surface area (Å²) in [7, 11) is 3.05. The summed E-state index contributed by atoms with van der Waals surface area (Å²) < 4.78 is 11.1. The molecular formula is C23H21N3O5S. The highest BCUT2D eigenvalue weighted by molar-refractivity contribution is 7.10. The minimum Gasteiger partial charge on any atom is -0.493 e. The number of carbonyl (C=O) groups is 1. The van der Waals surface area contributed by atoms with Crippen LogP contribution in [0.2, 0.25) is 0 Å². The van der Waals surface area contributed by atoms with Crippen LogP contribution >= 0.6 is 11.3 Å². The van der Waals surface area contributed by atoms with Crippen LogP contribution in [0.1, 0.15) is 40.7 Å². The van der Waals surface area contributed by atoms with E-state index in [0.29, 0.717) is 47.0 Å². The predicted octanol–water partition coefficient (Wildman–Crippen LogP) is 3.10. The Labute approximate surface area is 186 Å². The Kier molecular flexibility index (Phi) is 4.97. The van der Waals surface area contributed by atoms with Crippen molar-refractivity contribution in [3.05, 3.63) is 83.8 Å². The molecule has 164 valence electrons. The maximum Gasteiger partial charge on any atom is 0.327 e. The molecule has 0 saturated carbocycles. The van der Waals surface area contributed by atoms with Crippen LogP contribution in [0.5, 0.6) is 11.5 Å². The molecule has 1 aliphatic heterocycles. The first-order valence-electron chi connectivity index (χ1n) is 10.2. The molecule has 0 saturated heterocycles. The first-order chi connectivity index (χ1) is 15.5. The van der Waals surface area contributed by atoms with Crippen LogP contribution in [0.25, 0.3) is 0 Å². The highest BCUT2D eigenvalue weighted by Crippen LogP contribution is 2.49. The molecule has 1 aliphatic carbocycles. The minimum absolute atomic E-state index is 0.0386. The van der Waals surface area contributed by atoms with E-state index in [1.54, 1.807) is 23.5 Å². The summed E-state index contributed by atoms with van der Waals surface area (Å²) in [5.41, 5.74) is 0.975. The molecule has 5 rings (SSSR count). The minimum atomic E-state index is -0.705. The lowest BCUT2D eigenvalue weighted by Crippen LogP contribution is -2.37. The summed E-state index contributed by atoms with van der Waals surface area (Å²) in [5, 5.41) is 5.18. The third-order valence-corrected chi connectivity index (χ3v) is 7.07. The van der Waals surface area contributed by atoms with Gasteiger partial charge in [-0.15, -0.1) is 11.3 Å². The number of aromatic amines is 2. The molecule has 0 amide bonds. The van der Waals surface area contributed by atoms with E-state index in [1.807, 2.05) is 23.6 Å². The molecule has 2 unspecified atom stereocenters. The number of nitrogens with one attached hydrogen (secondary N) is 3. The maximum atomic E-state index is 13.5. The maximum absolute atomic E-state index is 13.5. The van der Waals surface area contributed by atoms with E-state index in [0.717, 1.165) is 4.88 Å². The average Bonchev–Trinajstić information content (AvgIpc) is 3.31. The van der Waals surface area contributed by atoms with E-state index < -0.39 is 17.2 Å². The lowest BCUT2D eigenvalue weighted by molar-refractivity contribution is -0.116. The average molecular weight is 452 g/mol. The van der Waals surface area contributed by atoms with E-state index >= 15 is 0 Å². The number of ether oxygens (including phenoxy) is 2. The van der Waals surface area contributed by atoms with Crippen molar-refractivity contribution >= 4 is 22.9 Å². The van der Waals surface area contributed by atoms with Gasteiger partial charge in [0.15, 0.2) is 17.3 Å². The van der Waals surface area contributed by atoms with Crippen molar-refractivity contribution in [2.24, 2.45) is 0 Å². The second-order valence-corrected chi connectivity index (χ2v) is 8.75. The van der Waals surface area contributed by atoms with E-state index in [9.17, 15) is 14.4 Å². The summed E-state index contributed by atoms with van der Waals surface area (Å²) >= 11 is 1.62. The summed E-state index contributed by atoms with van der Waals surface area (Å²) in [6.07, 6.45) is 0.943. The number of hydrogen-bond acceptors (Lipinski definition) is 7. The summed E-state index contributed by atoms with van der Waals surface area (Å²) in [5.74, 6) is 0.530. The lowest BCUT2D eigenvalue weighted by Gasteiger charge is -2.35. The van der Waals surface area contributed by atoms with Gasteiger partial charge in [-0.2, -0.15) is 0 Å². The molecule has 0 bridgehead atoms. The van der Waals surface area contributed by atoms with Gasteiger partial charge in [0.1, 0.15) is 5.82 Å². The zero-order chi connectivity index (χ0) is 22.4. The molecular weight excluding hydrogens is 430 g/mol. The molecule has 3 N–H and O–H groups in total. The van der Waals surface area contributed by atoms with Crippen LogP contribution in [0, 0.1) is 0 Å². The molecule has 8 nitrogen and oxygen atoms in total. The van der Waals surface area contributed by atoms with Crippen molar-refractivity contribution in [1.82, 2.24) is 9.97 Å². The van der Waals surface area contributed by atoms with Gasteiger partial charge in [0, 0.05) is 34.0 Å². The van der Waals surface area contributed by atoms with Crippen LogP contribution in [-0.2, 0) is 4.79 Å². The van der Waals surface area contributed by atoms with E-state index in [1.165, 1.54) is 14.2 Å². The van der Waals surface area contributed by atoms with E-state index in [2.05, 4.69) is 15.3 Å². The highest BCUT2D eigenvalue weighted by atomic mass is 32.1. The molecule has 0 fully saturated rings. The van der Waals surface area contributed by atoms with Crippen LogP contribution in [-0.4, -0.2) is 30.0 Å². The number of methoxy groups -OCH3 is 2. The van der Waals surface area contributed by atoms with E-state index in [4.69, 9.17) is 9.47 Å². The molecule has 9 heteroatoms. The lowest BCUT2D eigenvalue weighted by atomic mass is 9.73. The molecule has 2 aromatic heterocycles. The number of H-pyrrole nitrogens is 2. The number of benzene rings is 1. The Balaban J connectivity index is 1.75. The highest BCUT2D eigenvalue weighted by Gasteiger charge is 2.41. The zero-order valence-electron chi connectivity index (χ0n) is 17.5. The fourth-order valence-corrected chi connectivity index (χ4v) is 5.56. The smallest absolute Gasteiger partial charge is 0.327 e. The SMILES string of the molecule is COc1cccc(C2C3=C(CC(c4cccs4)CC3=O)Nc3[nH]c(=O)[nH]c(=O)c32)c1OC. The Bertz CT molecular complexity index is 1350. The van der Waals surface area contributed by atoms with Crippen molar-refractivity contribution < 1.29 is 14.3 Å². The van der Waals surface area contributed by atoms with Crippen LogP contribution < -0.4 is 26.0 Å². The third-order valence-electron chi connectivity index (χ3n) is 6.03. The molecule has 0 spiro atoms. The van der Waals surface area contributed by atoms with Crippen molar-refractivity contribution in [2.75, 3.05) is 19.5 Å². The Hall–Kier alpha value is -3.59. The van der Waals surface area contributed by atoms with E-state index in [-0.39, 0.29) is 17.3 Å².